The molecule has 0 aliphatic heterocycles. The third-order valence-electron chi connectivity index (χ3n) is 4.13. The SMILES string of the molecule is CC/C(=N\NC(=O)c1ccccc1Cl)c1c(O)n(-c2ccccc2)c(=O)[nH]c1=O. The van der Waals surface area contributed by atoms with Crippen molar-refractivity contribution in [2.75, 3.05) is 0 Å². The van der Waals surface area contributed by atoms with E-state index in [2.05, 4.69) is 15.5 Å². The molecule has 0 saturated heterocycles. The van der Waals surface area contributed by atoms with Crippen LogP contribution in [0.25, 0.3) is 5.69 Å². The van der Waals surface area contributed by atoms with Gasteiger partial charge in [0.25, 0.3) is 11.5 Å². The van der Waals surface area contributed by atoms with E-state index in [4.69, 9.17) is 11.6 Å². The summed E-state index contributed by atoms with van der Waals surface area (Å²) in [5, 5.41) is 14.9. The topological polar surface area (TPSA) is 117 Å². The molecule has 29 heavy (non-hydrogen) atoms. The maximum Gasteiger partial charge on any atom is 0.335 e. The first-order valence-corrected chi connectivity index (χ1v) is 9.07. The number of amides is 1. The molecule has 3 rings (SSSR count). The third-order valence-corrected chi connectivity index (χ3v) is 4.46. The van der Waals surface area contributed by atoms with E-state index in [0.29, 0.717) is 5.69 Å². The first-order valence-electron chi connectivity index (χ1n) is 8.69. The van der Waals surface area contributed by atoms with Crippen molar-refractivity contribution in [1.82, 2.24) is 15.0 Å². The van der Waals surface area contributed by atoms with E-state index >= 15 is 0 Å². The number of halogens is 1. The van der Waals surface area contributed by atoms with Crippen LogP contribution in [0.2, 0.25) is 5.02 Å². The highest BCUT2D eigenvalue weighted by atomic mass is 35.5. The number of aromatic hydroxyl groups is 1. The molecule has 9 heteroatoms. The predicted octanol–water partition coefficient (Wildman–Crippen LogP) is 2.43. The summed E-state index contributed by atoms with van der Waals surface area (Å²) < 4.78 is 0.956. The highest BCUT2D eigenvalue weighted by molar-refractivity contribution is 6.33. The molecule has 0 aliphatic rings. The molecular weight excluding hydrogens is 396 g/mol. The minimum atomic E-state index is -0.813. The van der Waals surface area contributed by atoms with Crippen LogP contribution >= 0.6 is 11.6 Å². The van der Waals surface area contributed by atoms with Gasteiger partial charge in [-0.25, -0.2) is 14.8 Å². The Balaban J connectivity index is 2.05. The minimum absolute atomic E-state index is 0.0915. The number of nitrogens with one attached hydrogen (secondary N) is 2. The lowest BCUT2D eigenvalue weighted by Crippen LogP contribution is -2.34. The molecule has 0 spiro atoms. The van der Waals surface area contributed by atoms with Crippen molar-refractivity contribution in [3.8, 4) is 11.6 Å². The number of H-pyrrole nitrogens is 1. The van der Waals surface area contributed by atoms with E-state index < -0.39 is 23.0 Å². The fourth-order valence-corrected chi connectivity index (χ4v) is 2.96. The number of rotatable bonds is 5. The van der Waals surface area contributed by atoms with Crippen molar-refractivity contribution < 1.29 is 9.90 Å². The Hall–Kier alpha value is -3.65. The summed E-state index contributed by atoms with van der Waals surface area (Å²) >= 11 is 6.00. The van der Waals surface area contributed by atoms with E-state index in [9.17, 15) is 19.5 Å². The van der Waals surface area contributed by atoms with Gasteiger partial charge in [-0.15, -0.1) is 0 Å². The van der Waals surface area contributed by atoms with Gasteiger partial charge in [-0.05, 0) is 30.7 Å². The predicted molar refractivity (Wildman–Crippen MR) is 110 cm³/mol. The number of hydrazone groups is 1. The number of aromatic nitrogens is 2. The molecule has 0 unspecified atom stereocenters. The summed E-state index contributed by atoms with van der Waals surface area (Å²) in [5.74, 6) is -1.15. The number of hydrogen-bond acceptors (Lipinski definition) is 5. The number of aromatic amines is 1. The molecule has 0 bridgehead atoms. The number of carbonyl (C=O) groups is 1. The zero-order valence-electron chi connectivity index (χ0n) is 15.3. The minimum Gasteiger partial charge on any atom is -0.493 e. The van der Waals surface area contributed by atoms with Crippen molar-refractivity contribution in [2.45, 2.75) is 13.3 Å². The standard InChI is InChI=1S/C20H17ClN4O4/c1-2-15(23-24-17(26)13-10-6-7-11-14(13)21)16-18(27)22-20(29)25(19(16)28)12-8-4-3-5-9-12/h3-11,28H,2H2,1H3,(H,24,26)(H,22,27,29)/b23-15+. The average Bonchev–Trinajstić information content (AvgIpc) is 2.71. The molecule has 8 nitrogen and oxygen atoms in total. The second-order valence-electron chi connectivity index (χ2n) is 5.96. The Morgan fingerprint density at radius 3 is 2.45 bits per heavy atom. The van der Waals surface area contributed by atoms with E-state index in [1.54, 1.807) is 55.5 Å². The van der Waals surface area contributed by atoms with Gasteiger partial charge in [-0.3, -0.25) is 14.6 Å². The molecule has 3 aromatic rings. The van der Waals surface area contributed by atoms with Gasteiger partial charge in [-0.1, -0.05) is 48.9 Å². The normalized spacial score (nSPS) is 11.3. The average molecular weight is 413 g/mol. The highest BCUT2D eigenvalue weighted by Crippen LogP contribution is 2.18. The Labute approximate surface area is 170 Å². The summed E-state index contributed by atoms with van der Waals surface area (Å²) in [7, 11) is 0. The first kappa shape index (κ1) is 20.1. The van der Waals surface area contributed by atoms with Crippen molar-refractivity contribution in [3.63, 3.8) is 0 Å². The molecule has 1 heterocycles. The smallest absolute Gasteiger partial charge is 0.335 e. The van der Waals surface area contributed by atoms with Crippen LogP contribution < -0.4 is 16.7 Å². The van der Waals surface area contributed by atoms with Gasteiger partial charge in [0.1, 0.15) is 5.56 Å². The zero-order chi connectivity index (χ0) is 21.0. The number of hydrogen-bond donors (Lipinski definition) is 3. The maximum absolute atomic E-state index is 12.4. The Morgan fingerprint density at radius 1 is 1.14 bits per heavy atom. The molecule has 148 valence electrons. The van der Waals surface area contributed by atoms with Crippen LogP contribution in [0, 0.1) is 0 Å². The molecule has 1 aromatic heterocycles. The van der Waals surface area contributed by atoms with Crippen LogP contribution in [-0.2, 0) is 0 Å². The molecule has 0 saturated carbocycles. The second kappa shape index (κ2) is 8.57. The Bertz CT molecular complexity index is 1200. The van der Waals surface area contributed by atoms with Crippen molar-refractivity contribution in [2.24, 2.45) is 5.10 Å². The lowest BCUT2D eigenvalue weighted by atomic mass is 10.1. The number of nitrogens with zero attached hydrogens (tertiary/aromatic N) is 2. The Morgan fingerprint density at radius 2 is 1.79 bits per heavy atom. The quantitative estimate of drug-likeness (QED) is 0.440. The summed E-state index contributed by atoms with van der Waals surface area (Å²) in [6.45, 7) is 1.69. The van der Waals surface area contributed by atoms with Crippen LogP contribution in [0.4, 0.5) is 0 Å². The van der Waals surface area contributed by atoms with Crippen LogP contribution in [0.15, 0.2) is 69.3 Å². The van der Waals surface area contributed by atoms with Crippen molar-refractivity contribution in [3.05, 3.63) is 91.6 Å². The fraction of sp³-hybridized carbons (Fsp3) is 0.100. The summed E-state index contributed by atoms with van der Waals surface area (Å²) in [5.41, 5.74) is 1.18. The number of para-hydroxylation sites is 1. The van der Waals surface area contributed by atoms with Gasteiger partial charge in [0, 0.05) is 0 Å². The Kier molecular flexibility index (Phi) is 5.94. The molecule has 3 N–H and O–H groups in total. The fourth-order valence-electron chi connectivity index (χ4n) is 2.74. The van der Waals surface area contributed by atoms with Gasteiger partial charge in [0.2, 0.25) is 5.88 Å². The van der Waals surface area contributed by atoms with Gasteiger partial charge < -0.3 is 5.11 Å². The van der Waals surface area contributed by atoms with E-state index in [-0.39, 0.29) is 28.3 Å². The van der Waals surface area contributed by atoms with Gasteiger partial charge in [-0.2, -0.15) is 5.10 Å². The van der Waals surface area contributed by atoms with Crippen molar-refractivity contribution in [1.29, 1.82) is 0 Å². The molecule has 2 aromatic carbocycles. The third kappa shape index (κ3) is 4.12. The summed E-state index contributed by atoms with van der Waals surface area (Å²) in [6, 6.07) is 14.8. The number of benzene rings is 2. The monoisotopic (exact) mass is 412 g/mol. The van der Waals surface area contributed by atoms with Gasteiger partial charge in [0.15, 0.2) is 0 Å². The van der Waals surface area contributed by atoms with Gasteiger partial charge in [0.05, 0.1) is 22.0 Å². The zero-order valence-corrected chi connectivity index (χ0v) is 16.1. The van der Waals surface area contributed by atoms with Crippen LogP contribution in [0.5, 0.6) is 5.88 Å². The van der Waals surface area contributed by atoms with Crippen LogP contribution in [0.3, 0.4) is 0 Å². The van der Waals surface area contributed by atoms with Crippen molar-refractivity contribution >= 4 is 23.2 Å². The second-order valence-corrected chi connectivity index (χ2v) is 6.37. The largest absolute Gasteiger partial charge is 0.493 e. The molecule has 0 aliphatic carbocycles. The van der Waals surface area contributed by atoms with E-state index in [1.165, 1.54) is 6.07 Å². The maximum atomic E-state index is 12.4. The summed E-state index contributed by atoms with van der Waals surface area (Å²) in [4.78, 5) is 39.1. The lowest BCUT2D eigenvalue weighted by Gasteiger charge is -2.12. The molecular formula is C20H17ClN4O4. The van der Waals surface area contributed by atoms with E-state index in [0.717, 1.165) is 4.57 Å². The lowest BCUT2D eigenvalue weighted by molar-refractivity contribution is 0.0955. The van der Waals surface area contributed by atoms with Crippen LogP contribution in [0.1, 0.15) is 29.3 Å². The number of carbonyl (C=O) groups excluding carboxylic acids is 1. The first-order chi connectivity index (χ1) is 13.9. The molecule has 0 fully saturated rings. The molecule has 1 amide bonds. The molecule has 0 atom stereocenters. The van der Waals surface area contributed by atoms with Gasteiger partial charge >= 0.3 is 5.69 Å². The molecule has 0 radical (unpaired) electrons. The van der Waals surface area contributed by atoms with E-state index in [1.807, 2.05) is 0 Å². The highest BCUT2D eigenvalue weighted by Gasteiger charge is 2.20. The van der Waals surface area contributed by atoms with Crippen LogP contribution in [-0.4, -0.2) is 26.3 Å². The summed E-state index contributed by atoms with van der Waals surface area (Å²) in [6.07, 6.45) is 0.201.